The molecule has 0 bridgehead atoms. The Morgan fingerprint density at radius 2 is 2.26 bits per heavy atom. The highest BCUT2D eigenvalue weighted by Crippen LogP contribution is 2.13. The number of para-hydroxylation sites is 1. The number of nitrogens with one attached hydrogen (secondary N) is 2. The highest BCUT2D eigenvalue weighted by Gasteiger charge is 2.18. The molecule has 19 heavy (non-hydrogen) atoms. The summed E-state index contributed by atoms with van der Waals surface area (Å²) < 4.78 is 18.8. The molecule has 1 fully saturated rings. The van der Waals surface area contributed by atoms with E-state index in [0.29, 0.717) is 6.04 Å². The number of benzene rings is 1. The van der Waals surface area contributed by atoms with Gasteiger partial charge in [0.05, 0.1) is 11.8 Å². The Labute approximate surface area is 112 Å². The van der Waals surface area contributed by atoms with Crippen molar-refractivity contribution < 1.29 is 13.9 Å². The third-order valence-electron chi connectivity index (χ3n) is 3.21. The number of rotatable bonds is 4. The van der Waals surface area contributed by atoms with Crippen LogP contribution in [0.4, 0.5) is 10.1 Å². The van der Waals surface area contributed by atoms with Crippen molar-refractivity contribution in [2.75, 3.05) is 18.5 Å². The Balaban J connectivity index is 1.74. The third kappa shape index (κ3) is 4.29. The van der Waals surface area contributed by atoms with E-state index in [9.17, 15) is 9.18 Å². The number of amides is 1. The van der Waals surface area contributed by atoms with Crippen LogP contribution >= 0.6 is 0 Å². The maximum atomic E-state index is 13.3. The largest absolute Gasteiger partial charge is 0.367 e. The first-order chi connectivity index (χ1) is 9.15. The second-order valence-electron chi connectivity index (χ2n) is 4.85. The van der Waals surface area contributed by atoms with Crippen LogP contribution in [0.15, 0.2) is 24.3 Å². The Morgan fingerprint density at radius 3 is 2.95 bits per heavy atom. The molecule has 2 atom stereocenters. The summed E-state index contributed by atoms with van der Waals surface area (Å²) in [5.41, 5.74) is 0.187. The Bertz CT molecular complexity index is 431. The van der Waals surface area contributed by atoms with Gasteiger partial charge in [0.2, 0.25) is 5.91 Å². The van der Waals surface area contributed by atoms with E-state index in [1.807, 2.05) is 0 Å². The molecular weight excluding hydrogens is 247 g/mol. The molecule has 1 heterocycles. The monoisotopic (exact) mass is 266 g/mol. The molecule has 1 aliphatic rings. The lowest BCUT2D eigenvalue weighted by Gasteiger charge is -2.27. The molecular formula is C14H19FN2O2. The first-order valence-electron chi connectivity index (χ1n) is 6.54. The van der Waals surface area contributed by atoms with E-state index in [1.54, 1.807) is 12.1 Å². The smallest absolute Gasteiger partial charge is 0.250 e. The van der Waals surface area contributed by atoms with Crippen molar-refractivity contribution in [2.24, 2.45) is 0 Å². The molecule has 0 aromatic heterocycles. The van der Waals surface area contributed by atoms with Crippen molar-refractivity contribution in [3.63, 3.8) is 0 Å². The molecule has 1 aromatic carbocycles. The van der Waals surface area contributed by atoms with E-state index in [1.165, 1.54) is 12.1 Å². The SMILES string of the molecule is CC1CCC(OCC(=O)Nc2ccccc2F)CN1. The summed E-state index contributed by atoms with van der Waals surface area (Å²) in [7, 11) is 0. The molecule has 2 unspecified atom stereocenters. The van der Waals surface area contributed by atoms with Gasteiger partial charge in [-0.2, -0.15) is 0 Å². The van der Waals surface area contributed by atoms with Gasteiger partial charge >= 0.3 is 0 Å². The number of carbonyl (C=O) groups excluding carboxylic acids is 1. The molecule has 0 saturated carbocycles. The molecule has 4 nitrogen and oxygen atoms in total. The summed E-state index contributed by atoms with van der Waals surface area (Å²) in [6, 6.07) is 6.59. The number of halogens is 1. The minimum atomic E-state index is -0.441. The van der Waals surface area contributed by atoms with Crippen LogP contribution in [0.2, 0.25) is 0 Å². The molecule has 1 aliphatic heterocycles. The number of hydrogen-bond donors (Lipinski definition) is 2. The second-order valence-corrected chi connectivity index (χ2v) is 4.85. The fraction of sp³-hybridized carbons (Fsp3) is 0.500. The first kappa shape index (κ1) is 14.0. The molecule has 5 heteroatoms. The molecule has 2 N–H and O–H groups in total. The lowest BCUT2D eigenvalue weighted by atomic mass is 10.0. The summed E-state index contributed by atoms with van der Waals surface area (Å²) in [5, 5.41) is 5.80. The highest BCUT2D eigenvalue weighted by atomic mass is 19.1. The van der Waals surface area contributed by atoms with Crippen molar-refractivity contribution in [1.82, 2.24) is 5.32 Å². The van der Waals surface area contributed by atoms with Gasteiger partial charge in [-0.05, 0) is 31.9 Å². The molecule has 0 radical (unpaired) electrons. The molecule has 1 amide bonds. The Hall–Kier alpha value is -1.46. The molecule has 0 spiro atoms. The summed E-state index contributed by atoms with van der Waals surface area (Å²) >= 11 is 0. The lowest BCUT2D eigenvalue weighted by Crippen LogP contribution is -2.41. The summed E-state index contributed by atoms with van der Waals surface area (Å²) in [4.78, 5) is 11.6. The Morgan fingerprint density at radius 1 is 1.47 bits per heavy atom. The van der Waals surface area contributed by atoms with Crippen LogP contribution in [0.5, 0.6) is 0 Å². The van der Waals surface area contributed by atoms with Crippen LogP contribution in [0, 0.1) is 5.82 Å². The van der Waals surface area contributed by atoms with Gasteiger partial charge in [0.1, 0.15) is 12.4 Å². The van der Waals surface area contributed by atoms with Crippen molar-refractivity contribution in [3.8, 4) is 0 Å². The number of carbonyl (C=O) groups is 1. The average molecular weight is 266 g/mol. The maximum Gasteiger partial charge on any atom is 0.250 e. The van der Waals surface area contributed by atoms with Crippen molar-refractivity contribution in [2.45, 2.75) is 31.9 Å². The van der Waals surface area contributed by atoms with Gasteiger partial charge in [0.15, 0.2) is 0 Å². The molecule has 104 valence electrons. The van der Waals surface area contributed by atoms with Gasteiger partial charge in [-0.3, -0.25) is 4.79 Å². The molecule has 0 aliphatic carbocycles. The van der Waals surface area contributed by atoms with E-state index in [2.05, 4.69) is 17.6 Å². The maximum absolute atomic E-state index is 13.3. The Kier molecular flexibility index (Phi) is 4.87. The van der Waals surface area contributed by atoms with E-state index in [0.717, 1.165) is 19.4 Å². The lowest BCUT2D eigenvalue weighted by molar-refractivity contribution is -0.123. The quantitative estimate of drug-likeness (QED) is 0.875. The van der Waals surface area contributed by atoms with Gasteiger partial charge in [-0.15, -0.1) is 0 Å². The van der Waals surface area contributed by atoms with E-state index in [-0.39, 0.29) is 24.3 Å². The predicted molar refractivity (Wildman–Crippen MR) is 71.5 cm³/mol. The zero-order chi connectivity index (χ0) is 13.7. The minimum absolute atomic E-state index is 0.0466. The topological polar surface area (TPSA) is 50.4 Å². The van der Waals surface area contributed by atoms with Crippen LogP contribution < -0.4 is 10.6 Å². The number of hydrogen-bond acceptors (Lipinski definition) is 3. The predicted octanol–water partition coefficient (Wildman–Crippen LogP) is 1.92. The molecule has 1 saturated heterocycles. The standard InChI is InChI=1S/C14H19FN2O2/c1-10-6-7-11(8-16-10)19-9-14(18)17-13-5-3-2-4-12(13)15/h2-5,10-11,16H,6-9H2,1H3,(H,17,18). The highest BCUT2D eigenvalue weighted by molar-refractivity contribution is 5.91. The van der Waals surface area contributed by atoms with Crippen molar-refractivity contribution in [1.29, 1.82) is 0 Å². The number of ether oxygens (including phenoxy) is 1. The second kappa shape index (κ2) is 6.63. The van der Waals surface area contributed by atoms with Crippen LogP contribution in [-0.4, -0.2) is 31.2 Å². The fourth-order valence-corrected chi connectivity index (χ4v) is 2.06. The van der Waals surface area contributed by atoms with Crippen LogP contribution in [-0.2, 0) is 9.53 Å². The first-order valence-corrected chi connectivity index (χ1v) is 6.54. The third-order valence-corrected chi connectivity index (χ3v) is 3.21. The van der Waals surface area contributed by atoms with Crippen molar-refractivity contribution in [3.05, 3.63) is 30.1 Å². The van der Waals surface area contributed by atoms with Gasteiger partial charge in [0.25, 0.3) is 0 Å². The van der Waals surface area contributed by atoms with Crippen LogP contribution in [0.1, 0.15) is 19.8 Å². The zero-order valence-corrected chi connectivity index (χ0v) is 11.0. The summed E-state index contributed by atoms with van der Waals surface area (Å²) in [6.45, 7) is 2.84. The molecule has 1 aromatic rings. The van der Waals surface area contributed by atoms with E-state index in [4.69, 9.17) is 4.74 Å². The van der Waals surface area contributed by atoms with Crippen molar-refractivity contribution >= 4 is 11.6 Å². The fourth-order valence-electron chi connectivity index (χ4n) is 2.06. The van der Waals surface area contributed by atoms with E-state index >= 15 is 0 Å². The van der Waals surface area contributed by atoms with Gasteiger partial charge in [-0.25, -0.2) is 4.39 Å². The summed E-state index contributed by atoms with van der Waals surface area (Å²) in [5.74, 6) is -0.771. The van der Waals surface area contributed by atoms with Gasteiger partial charge in [-0.1, -0.05) is 12.1 Å². The number of anilines is 1. The molecule has 2 rings (SSSR count). The zero-order valence-electron chi connectivity index (χ0n) is 11.0. The van der Waals surface area contributed by atoms with E-state index < -0.39 is 5.82 Å². The average Bonchev–Trinajstić information content (AvgIpc) is 2.41. The summed E-state index contributed by atoms with van der Waals surface area (Å²) in [6.07, 6.45) is 2.04. The van der Waals surface area contributed by atoms with Gasteiger partial charge in [0, 0.05) is 12.6 Å². The normalized spacial score (nSPS) is 23.1. The minimum Gasteiger partial charge on any atom is -0.367 e. The number of piperidine rings is 1. The van der Waals surface area contributed by atoms with Gasteiger partial charge < -0.3 is 15.4 Å². The van der Waals surface area contributed by atoms with Crippen LogP contribution in [0.25, 0.3) is 0 Å². The van der Waals surface area contributed by atoms with Crippen LogP contribution in [0.3, 0.4) is 0 Å².